The quantitative estimate of drug-likeness (QED) is 0.256. The molecule has 0 heterocycles. The molecule has 17 heavy (non-hydrogen) atoms. The molecule has 1 nitrogen and oxygen atoms in total. The van der Waals surface area contributed by atoms with Crippen molar-refractivity contribution in [2.24, 2.45) is 5.92 Å². The lowest BCUT2D eigenvalue weighted by Gasteiger charge is -2.14. The Morgan fingerprint density at radius 2 is 1.35 bits per heavy atom. The molecule has 2 heteroatoms. The molecule has 0 N–H and O–H groups in total. The minimum Gasteiger partial charge on any atom is -0.299 e. The van der Waals surface area contributed by atoms with E-state index in [4.69, 9.17) is 0 Å². The number of ketones is 1. The van der Waals surface area contributed by atoms with E-state index in [1.165, 1.54) is 51.4 Å². The van der Waals surface area contributed by atoms with Crippen LogP contribution in [0.3, 0.4) is 0 Å². The SMILES string of the molecule is CCCCCCC(CCCCCC)C(=O)CI. The Bertz CT molecular complexity index is 168. The fraction of sp³-hybridized carbons (Fsp3) is 0.933. The highest BCUT2D eigenvalue weighted by Crippen LogP contribution is 2.20. The zero-order valence-electron chi connectivity index (χ0n) is 11.6. The largest absolute Gasteiger partial charge is 0.299 e. The van der Waals surface area contributed by atoms with Crippen LogP contribution in [-0.2, 0) is 4.79 Å². The summed E-state index contributed by atoms with van der Waals surface area (Å²) in [5, 5.41) is 0. The first kappa shape index (κ1) is 17.4. The van der Waals surface area contributed by atoms with Gasteiger partial charge in [0.05, 0.1) is 4.43 Å². The van der Waals surface area contributed by atoms with E-state index in [9.17, 15) is 4.79 Å². The van der Waals surface area contributed by atoms with Crippen LogP contribution >= 0.6 is 22.6 Å². The molecule has 0 aliphatic rings. The van der Waals surface area contributed by atoms with Gasteiger partial charge in [0.2, 0.25) is 0 Å². The average molecular weight is 352 g/mol. The van der Waals surface area contributed by atoms with E-state index in [0.717, 1.165) is 12.8 Å². The van der Waals surface area contributed by atoms with Crippen LogP contribution in [0.4, 0.5) is 0 Å². The summed E-state index contributed by atoms with van der Waals surface area (Å²) >= 11 is 2.22. The Kier molecular flexibility index (Phi) is 13.1. The molecular formula is C15H29IO. The number of carbonyl (C=O) groups is 1. The number of Topliss-reactive ketones (excluding diaryl/α,β-unsaturated/α-hetero) is 1. The van der Waals surface area contributed by atoms with Gasteiger partial charge in [-0.05, 0) is 12.8 Å². The molecule has 0 spiro atoms. The van der Waals surface area contributed by atoms with Crippen LogP contribution in [0.15, 0.2) is 0 Å². The number of rotatable bonds is 12. The molecule has 0 aromatic heterocycles. The maximum absolute atomic E-state index is 11.8. The van der Waals surface area contributed by atoms with Crippen LogP contribution in [0.1, 0.15) is 78.1 Å². The summed E-state index contributed by atoms with van der Waals surface area (Å²) in [5.41, 5.74) is 0. The lowest BCUT2D eigenvalue weighted by molar-refractivity contribution is -0.120. The number of unbranched alkanes of at least 4 members (excludes halogenated alkanes) is 6. The molecule has 0 aromatic carbocycles. The Balaban J connectivity index is 3.76. The van der Waals surface area contributed by atoms with Gasteiger partial charge in [-0.2, -0.15) is 0 Å². The van der Waals surface area contributed by atoms with Crippen molar-refractivity contribution in [1.29, 1.82) is 0 Å². The number of hydrogen-bond donors (Lipinski definition) is 0. The maximum Gasteiger partial charge on any atom is 0.145 e. The summed E-state index contributed by atoms with van der Waals surface area (Å²) in [6, 6.07) is 0. The Morgan fingerprint density at radius 1 is 0.882 bits per heavy atom. The molecule has 0 aliphatic carbocycles. The smallest absolute Gasteiger partial charge is 0.145 e. The van der Waals surface area contributed by atoms with Crippen LogP contribution in [0.2, 0.25) is 0 Å². The molecule has 0 bridgehead atoms. The number of hydrogen-bond acceptors (Lipinski definition) is 1. The molecule has 0 aromatic rings. The monoisotopic (exact) mass is 352 g/mol. The van der Waals surface area contributed by atoms with E-state index in [1.54, 1.807) is 0 Å². The minimum absolute atomic E-state index is 0.362. The van der Waals surface area contributed by atoms with Gasteiger partial charge in [0.25, 0.3) is 0 Å². The average Bonchev–Trinajstić information content (AvgIpc) is 2.36. The van der Waals surface area contributed by atoms with Crippen LogP contribution in [0.5, 0.6) is 0 Å². The second-order valence-electron chi connectivity index (χ2n) is 5.00. The summed E-state index contributed by atoms with van der Waals surface area (Å²) in [4.78, 5) is 11.8. The van der Waals surface area contributed by atoms with E-state index >= 15 is 0 Å². The Labute approximate surface area is 121 Å². The van der Waals surface area contributed by atoms with Crippen molar-refractivity contribution in [3.8, 4) is 0 Å². The second kappa shape index (κ2) is 12.8. The summed E-state index contributed by atoms with van der Waals surface area (Å²) in [5.74, 6) is 0.846. The van der Waals surface area contributed by atoms with Gasteiger partial charge in [-0.25, -0.2) is 0 Å². The highest BCUT2D eigenvalue weighted by molar-refractivity contribution is 14.1. The maximum atomic E-state index is 11.8. The fourth-order valence-electron chi connectivity index (χ4n) is 2.21. The molecule has 0 atom stereocenters. The molecule has 0 unspecified atom stereocenters. The molecule has 0 saturated heterocycles. The molecule has 0 radical (unpaired) electrons. The summed E-state index contributed by atoms with van der Waals surface area (Å²) in [6.45, 7) is 4.47. The third-order valence-corrected chi connectivity index (χ3v) is 4.15. The Morgan fingerprint density at radius 3 is 1.71 bits per heavy atom. The van der Waals surface area contributed by atoms with E-state index in [1.807, 2.05) is 0 Å². The highest BCUT2D eigenvalue weighted by atomic mass is 127. The summed E-state index contributed by atoms with van der Waals surface area (Å²) < 4.78 is 0.698. The topological polar surface area (TPSA) is 17.1 Å². The van der Waals surface area contributed by atoms with Crippen LogP contribution in [-0.4, -0.2) is 10.2 Å². The molecule has 0 fully saturated rings. The van der Waals surface area contributed by atoms with Gasteiger partial charge in [0.1, 0.15) is 5.78 Å². The van der Waals surface area contributed by atoms with Crippen molar-refractivity contribution in [3.63, 3.8) is 0 Å². The third kappa shape index (κ3) is 10.0. The van der Waals surface area contributed by atoms with Crippen molar-refractivity contribution >= 4 is 28.4 Å². The standard InChI is InChI=1S/C15H29IO/c1-3-5-7-9-11-14(15(17)13-16)12-10-8-6-4-2/h14H,3-13H2,1-2H3. The van der Waals surface area contributed by atoms with E-state index < -0.39 is 0 Å². The molecule has 102 valence electrons. The molecule has 0 rings (SSSR count). The van der Waals surface area contributed by atoms with Crippen molar-refractivity contribution in [2.75, 3.05) is 4.43 Å². The molecular weight excluding hydrogens is 323 g/mol. The van der Waals surface area contributed by atoms with Gasteiger partial charge < -0.3 is 0 Å². The van der Waals surface area contributed by atoms with Crippen molar-refractivity contribution in [1.82, 2.24) is 0 Å². The first-order valence-electron chi connectivity index (χ1n) is 7.34. The predicted molar refractivity (Wildman–Crippen MR) is 84.9 cm³/mol. The third-order valence-electron chi connectivity index (χ3n) is 3.40. The molecule has 0 aliphatic heterocycles. The van der Waals surface area contributed by atoms with E-state index in [-0.39, 0.29) is 0 Å². The molecule has 0 saturated carbocycles. The Hall–Kier alpha value is 0.400. The van der Waals surface area contributed by atoms with Gasteiger partial charge in [-0.15, -0.1) is 0 Å². The summed E-state index contributed by atoms with van der Waals surface area (Å²) in [7, 11) is 0. The zero-order chi connectivity index (χ0) is 12.9. The first-order chi connectivity index (χ1) is 8.26. The van der Waals surface area contributed by atoms with Gasteiger partial charge in [0, 0.05) is 5.92 Å². The van der Waals surface area contributed by atoms with Gasteiger partial charge in [-0.3, -0.25) is 4.79 Å². The lowest BCUT2D eigenvalue weighted by atomic mass is 9.91. The predicted octanol–water partition coefficient (Wildman–Crippen LogP) is 5.55. The van der Waals surface area contributed by atoms with Crippen molar-refractivity contribution < 1.29 is 4.79 Å². The van der Waals surface area contributed by atoms with Gasteiger partial charge >= 0.3 is 0 Å². The van der Waals surface area contributed by atoms with E-state index in [0.29, 0.717) is 16.1 Å². The number of alkyl halides is 1. The fourth-order valence-corrected chi connectivity index (χ4v) is 2.83. The normalized spacial score (nSPS) is 11.1. The summed E-state index contributed by atoms with van der Waals surface area (Å²) in [6.07, 6.45) is 12.6. The number of carbonyl (C=O) groups excluding carboxylic acids is 1. The van der Waals surface area contributed by atoms with Gasteiger partial charge in [0.15, 0.2) is 0 Å². The van der Waals surface area contributed by atoms with E-state index in [2.05, 4.69) is 36.4 Å². The van der Waals surface area contributed by atoms with Crippen molar-refractivity contribution in [2.45, 2.75) is 78.1 Å². The van der Waals surface area contributed by atoms with Crippen LogP contribution < -0.4 is 0 Å². The zero-order valence-corrected chi connectivity index (χ0v) is 13.8. The second-order valence-corrected chi connectivity index (χ2v) is 5.76. The van der Waals surface area contributed by atoms with Crippen LogP contribution in [0, 0.1) is 5.92 Å². The van der Waals surface area contributed by atoms with Crippen LogP contribution in [0.25, 0.3) is 0 Å². The van der Waals surface area contributed by atoms with Crippen molar-refractivity contribution in [3.05, 3.63) is 0 Å². The molecule has 0 amide bonds. The number of halogens is 1. The van der Waals surface area contributed by atoms with Gasteiger partial charge in [-0.1, -0.05) is 87.8 Å². The highest BCUT2D eigenvalue weighted by Gasteiger charge is 2.15. The lowest BCUT2D eigenvalue weighted by Crippen LogP contribution is -2.15. The first-order valence-corrected chi connectivity index (χ1v) is 8.87. The minimum atomic E-state index is 0.362.